The lowest BCUT2D eigenvalue weighted by molar-refractivity contribution is -0.181. The highest BCUT2D eigenvalue weighted by Crippen LogP contribution is 2.72. The van der Waals surface area contributed by atoms with Crippen molar-refractivity contribution in [2.45, 2.75) is 70.6 Å². The van der Waals surface area contributed by atoms with Crippen LogP contribution < -0.4 is 10.1 Å². The van der Waals surface area contributed by atoms with E-state index in [0.717, 1.165) is 19.3 Å². The van der Waals surface area contributed by atoms with Crippen LogP contribution in [0.5, 0.6) is 5.75 Å². The predicted octanol–water partition coefficient (Wildman–Crippen LogP) is 3.87. The van der Waals surface area contributed by atoms with Crippen LogP contribution in [-0.4, -0.2) is 54.8 Å². The first-order valence-corrected chi connectivity index (χ1v) is 12.6. The van der Waals surface area contributed by atoms with E-state index in [1.54, 1.807) is 32.9 Å². The fourth-order valence-electron chi connectivity index (χ4n) is 6.25. The van der Waals surface area contributed by atoms with Crippen molar-refractivity contribution in [3.8, 4) is 11.8 Å². The zero-order valence-corrected chi connectivity index (χ0v) is 21.9. The van der Waals surface area contributed by atoms with Crippen molar-refractivity contribution >= 4 is 18.0 Å². The molecule has 1 aromatic carbocycles. The Morgan fingerprint density at radius 3 is 2.70 bits per heavy atom. The Morgan fingerprint density at radius 2 is 2.05 bits per heavy atom. The first-order chi connectivity index (χ1) is 17.3. The first-order valence-electron chi connectivity index (χ1n) is 12.6. The van der Waals surface area contributed by atoms with E-state index in [1.807, 2.05) is 6.92 Å². The number of hydrogen-bond donors (Lipinski definition) is 1. The minimum Gasteiger partial charge on any atom is -0.493 e. The Labute approximate surface area is 215 Å². The summed E-state index contributed by atoms with van der Waals surface area (Å²) >= 11 is 0. The van der Waals surface area contributed by atoms with Gasteiger partial charge in [0, 0.05) is 18.0 Å². The molecule has 198 valence electrons. The van der Waals surface area contributed by atoms with Gasteiger partial charge >= 0.3 is 6.09 Å². The number of benzene rings is 1. The smallest absolute Gasteiger partial charge is 0.414 e. The third kappa shape index (κ3) is 4.33. The number of nitrogens with zero attached hydrogens (tertiary/aromatic N) is 3. The number of nitriles is 1. The predicted molar refractivity (Wildman–Crippen MR) is 131 cm³/mol. The van der Waals surface area contributed by atoms with E-state index < -0.39 is 29.0 Å². The summed E-state index contributed by atoms with van der Waals surface area (Å²) in [5, 5.41) is 11.8. The lowest BCUT2D eigenvalue weighted by Gasteiger charge is -2.66. The second-order valence-corrected chi connectivity index (χ2v) is 12.1. The normalized spacial score (nSPS) is 34.2. The van der Waals surface area contributed by atoms with Crippen molar-refractivity contribution in [2.24, 2.45) is 21.7 Å². The number of amides is 2. The Kier molecular flexibility index (Phi) is 5.79. The van der Waals surface area contributed by atoms with E-state index in [9.17, 15) is 14.9 Å². The van der Waals surface area contributed by atoms with Crippen LogP contribution in [0.1, 0.15) is 58.9 Å². The number of hydrogen-bond acceptors (Lipinski definition) is 7. The highest BCUT2D eigenvalue weighted by molar-refractivity contribution is 6.05. The Morgan fingerprint density at radius 1 is 1.35 bits per heavy atom. The van der Waals surface area contributed by atoms with Crippen LogP contribution in [-0.2, 0) is 19.8 Å². The van der Waals surface area contributed by atoms with E-state index in [1.165, 1.54) is 18.0 Å². The minimum absolute atomic E-state index is 0.0145. The van der Waals surface area contributed by atoms with Gasteiger partial charge in [0.05, 0.1) is 36.7 Å². The molecule has 9 nitrogen and oxygen atoms in total. The molecule has 3 aliphatic carbocycles. The van der Waals surface area contributed by atoms with Crippen molar-refractivity contribution in [1.82, 2.24) is 10.2 Å². The number of rotatable bonds is 4. The summed E-state index contributed by atoms with van der Waals surface area (Å²) in [4.78, 5) is 32.1. The van der Waals surface area contributed by atoms with E-state index >= 15 is 4.39 Å². The molecular formula is C27H33FN4O5. The molecule has 4 fully saturated rings. The molecule has 10 heteroatoms. The summed E-state index contributed by atoms with van der Waals surface area (Å²) in [5.74, 6) is -1.10. The molecule has 1 saturated heterocycles. The topological polar surface area (TPSA) is 113 Å². The quantitative estimate of drug-likeness (QED) is 0.655. The molecule has 2 aliphatic heterocycles. The van der Waals surface area contributed by atoms with Crippen LogP contribution in [0.2, 0.25) is 0 Å². The Bertz CT molecular complexity index is 1200. The molecule has 1 N–H and O–H groups in total. The highest BCUT2D eigenvalue weighted by Gasteiger charge is 2.68. The van der Waals surface area contributed by atoms with Crippen LogP contribution in [0.3, 0.4) is 0 Å². The zero-order valence-electron chi connectivity index (χ0n) is 21.9. The minimum atomic E-state index is -1.38. The summed E-state index contributed by atoms with van der Waals surface area (Å²) in [7, 11) is 1.52. The van der Waals surface area contributed by atoms with Crippen molar-refractivity contribution in [2.75, 3.05) is 20.3 Å². The molecule has 0 radical (unpaired) electrons. The summed E-state index contributed by atoms with van der Waals surface area (Å²) in [6.45, 7) is 7.46. The standard InChI is InChI=1S/C27H33FN4O5/c1-16-8-19-21(33)32(5)22(30-23(34)37-24(2,3)4)31-27(19,15-35-16)18-9-17(6-7-20(18)28)36-14-26-10-25(11-26,12-26)13-29/h6-7,9,16,19H,8,10-12,14-15H2,1-5H3,(H,30,31,34)/t16-,19-,25?,26?,27+/m0/s1. The summed E-state index contributed by atoms with van der Waals surface area (Å²) in [6, 6.07) is 6.84. The average Bonchev–Trinajstić information content (AvgIpc) is 2.76. The van der Waals surface area contributed by atoms with Gasteiger partial charge < -0.3 is 14.2 Å². The zero-order chi connectivity index (χ0) is 26.8. The van der Waals surface area contributed by atoms with Crippen LogP contribution in [0.15, 0.2) is 23.2 Å². The fraction of sp³-hybridized carbons (Fsp3) is 0.630. The van der Waals surface area contributed by atoms with Crippen LogP contribution in [0, 0.1) is 33.9 Å². The van der Waals surface area contributed by atoms with Gasteiger partial charge in [-0.3, -0.25) is 15.0 Å². The van der Waals surface area contributed by atoms with Crippen LogP contribution in [0.4, 0.5) is 9.18 Å². The molecule has 1 aromatic rings. The van der Waals surface area contributed by atoms with Gasteiger partial charge in [-0.15, -0.1) is 0 Å². The molecule has 6 rings (SSSR count). The number of guanidine groups is 1. The fourth-order valence-corrected chi connectivity index (χ4v) is 6.25. The Balaban J connectivity index is 1.47. The summed E-state index contributed by atoms with van der Waals surface area (Å²) in [6.07, 6.45) is 1.84. The first kappa shape index (κ1) is 25.5. The number of ether oxygens (including phenoxy) is 3. The number of carbonyl (C=O) groups is 2. The molecule has 0 unspecified atom stereocenters. The number of carbonyl (C=O) groups excluding carboxylic acids is 2. The largest absolute Gasteiger partial charge is 0.493 e. The molecule has 2 amide bonds. The van der Waals surface area contributed by atoms with E-state index in [4.69, 9.17) is 19.2 Å². The number of nitrogens with one attached hydrogen (secondary N) is 1. The molecule has 2 bridgehead atoms. The number of halogens is 1. The van der Waals surface area contributed by atoms with Gasteiger partial charge in [0.15, 0.2) is 0 Å². The van der Waals surface area contributed by atoms with E-state index in [0.29, 0.717) is 18.8 Å². The molecule has 37 heavy (non-hydrogen) atoms. The Hall–Kier alpha value is -3.19. The van der Waals surface area contributed by atoms with Gasteiger partial charge in [0.2, 0.25) is 11.9 Å². The average molecular weight is 513 g/mol. The molecule has 0 spiro atoms. The van der Waals surface area contributed by atoms with Crippen molar-refractivity contribution in [1.29, 1.82) is 5.26 Å². The van der Waals surface area contributed by atoms with Crippen LogP contribution >= 0.6 is 0 Å². The van der Waals surface area contributed by atoms with Gasteiger partial charge in [0.25, 0.3) is 0 Å². The molecular weight excluding hydrogens is 479 g/mol. The maximum absolute atomic E-state index is 15.5. The third-order valence-electron chi connectivity index (χ3n) is 7.92. The monoisotopic (exact) mass is 512 g/mol. The number of fused-ring (bicyclic) bond motifs is 1. The molecule has 3 atom stereocenters. The second kappa shape index (κ2) is 8.42. The summed E-state index contributed by atoms with van der Waals surface area (Å²) in [5.41, 5.74) is -2.12. The second-order valence-electron chi connectivity index (χ2n) is 12.1. The van der Waals surface area contributed by atoms with Crippen molar-refractivity contribution in [3.05, 3.63) is 29.6 Å². The van der Waals surface area contributed by atoms with Crippen LogP contribution in [0.25, 0.3) is 0 Å². The maximum atomic E-state index is 15.5. The number of alkyl carbamates (subject to hydrolysis) is 1. The molecule has 3 saturated carbocycles. The third-order valence-corrected chi connectivity index (χ3v) is 7.92. The maximum Gasteiger partial charge on any atom is 0.414 e. The van der Waals surface area contributed by atoms with Gasteiger partial charge in [-0.25, -0.2) is 14.2 Å². The summed E-state index contributed by atoms with van der Waals surface area (Å²) < 4.78 is 32.8. The highest BCUT2D eigenvalue weighted by atomic mass is 19.1. The lowest BCUT2D eigenvalue weighted by atomic mass is 9.36. The van der Waals surface area contributed by atoms with Crippen molar-refractivity contribution < 1.29 is 28.2 Å². The SMILES string of the molecule is C[C@H]1C[C@H]2C(=O)N(C)C(NC(=O)OC(C)(C)C)=N[C@@]2(c2cc(OCC34CC(C#N)(C3)C4)ccc2F)CO1. The van der Waals surface area contributed by atoms with E-state index in [-0.39, 0.29) is 41.0 Å². The molecule has 0 aromatic heterocycles. The molecule has 5 aliphatic rings. The van der Waals surface area contributed by atoms with Crippen molar-refractivity contribution in [3.63, 3.8) is 0 Å². The molecule has 2 heterocycles. The number of aliphatic imine (C=N–C) groups is 1. The van der Waals surface area contributed by atoms with Gasteiger partial charge in [-0.1, -0.05) is 0 Å². The van der Waals surface area contributed by atoms with Gasteiger partial charge in [-0.05, 0) is 71.6 Å². The van der Waals surface area contributed by atoms with E-state index in [2.05, 4.69) is 11.4 Å². The van der Waals surface area contributed by atoms with Gasteiger partial charge in [-0.2, -0.15) is 5.26 Å². The lowest BCUT2D eigenvalue weighted by Crippen LogP contribution is -2.63. The van der Waals surface area contributed by atoms with Gasteiger partial charge in [0.1, 0.15) is 22.7 Å².